The van der Waals surface area contributed by atoms with Crippen molar-refractivity contribution >= 4 is 40.7 Å². The third-order valence-corrected chi connectivity index (χ3v) is 12.7. The average molecular weight is 613 g/mol. The topological polar surface area (TPSA) is 56.6 Å². The van der Waals surface area contributed by atoms with Gasteiger partial charge in [0, 0.05) is 13.2 Å². The molecule has 0 aliphatic carbocycles. The van der Waals surface area contributed by atoms with E-state index < -0.39 is 13.9 Å². The number of unbranched alkanes of at least 4 members (excludes halogenated alkanes) is 1. The van der Waals surface area contributed by atoms with Crippen molar-refractivity contribution in [1.29, 1.82) is 0 Å². The maximum absolute atomic E-state index is 12.9. The van der Waals surface area contributed by atoms with Crippen molar-refractivity contribution < 1.29 is 14.0 Å². The van der Waals surface area contributed by atoms with Gasteiger partial charge in [-0.05, 0) is 77.4 Å². The fourth-order valence-electron chi connectivity index (χ4n) is 5.57. The van der Waals surface area contributed by atoms with Crippen molar-refractivity contribution in [3.63, 3.8) is 0 Å². The van der Waals surface area contributed by atoms with Crippen molar-refractivity contribution in [2.24, 2.45) is 0 Å². The van der Waals surface area contributed by atoms with E-state index in [1.165, 1.54) is 10.4 Å². The Labute approximate surface area is 243 Å². The van der Waals surface area contributed by atoms with Crippen molar-refractivity contribution in [3.8, 4) is 0 Å². The van der Waals surface area contributed by atoms with Gasteiger partial charge in [-0.1, -0.05) is 81.4 Å². The lowest BCUT2D eigenvalue weighted by Gasteiger charge is -2.43. The van der Waals surface area contributed by atoms with Gasteiger partial charge in [-0.25, -0.2) is 4.79 Å². The van der Waals surface area contributed by atoms with Crippen LogP contribution in [0.4, 0.5) is 4.79 Å². The normalized spacial score (nSPS) is 16.2. The predicted molar refractivity (Wildman–Crippen MR) is 163 cm³/mol. The highest BCUT2D eigenvalue weighted by atomic mass is 79.9. The van der Waals surface area contributed by atoms with E-state index in [9.17, 15) is 4.79 Å². The molecule has 4 rings (SSSR count). The van der Waals surface area contributed by atoms with Gasteiger partial charge in [0.05, 0.1) is 18.3 Å². The Kier molecular flexibility index (Phi) is 9.08. The van der Waals surface area contributed by atoms with Gasteiger partial charge in [0.1, 0.15) is 10.2 Å². The van der Waals surface area contributed by atoms with Gasteiger partial charge in [0.15, 0.2) is 0 Å². The largest absolute Gasteiger partial charge is 0.444 e. The van der Waals surface area contributed by atoms with Crippen LogP contribution >= 0.6 is 15.9 Å². The van der Waals surface area contributed by atoms with Crippen molar-refractivity contribution in [3.05, 3.63) is 77.0 Å². The Morgan fingerprint density at radius 2 is 1.56 bits per heavy atom. The molecule has 0 saturated carbocycles. The molecule has 6 nitrogen and oxygen atoms in total. The van der Waals surface area contributed by atoms with E-state index >= 15 is 0 Å². The highest BCUT2D eigenvalue weighted by Gasteiger charge is 2.50. The lowest BCUT2D eigenvalue weighted by atomic mass is 10.1. The molecule has 210 valence electrons. The molecular formula is C31H42BrN3O3Si. The molecule has 0 saturated heterocycles. The van der Waals surface area contributed by atoms with Crippen LogP contribution in [0.3, 0.4) is 0 Å². The summed E-state index contributed by atoms with van der Waals surface area (Å²) in [6.45, 7) is 14.4. The summed E-state index contributed by atoms with van der Waals surface area (Å²) < 4.78 is 15.6. The fourth-order valence-corrected chi connectivity index (χ4v) is 10.6. The first-order valence-electron chi connectivity index (χ1n) is 13.9. The van der Waals surface area contributed by atoms with Gasteiger partial charge >= 0.3 is 6.09 Å². The molecule has 2 heterocycles. The number of nitrogens with zero attached hydrogens (tertiary/aromatic N) is 3. The van der Waals surface area contributed by atoms with Crippen LogP contribution in [0.5, 0.6) is 0 Å². The van der Waals surface area contributed by atoms with E-state index in [4.69, 9.17) is 9.16 Å². The Hall–Kier alpha value is -2.42. The summed E-state index contributed by atoms with van der Waals surface area (Å²) in [4.78, 5) is 14.7. The van der Waals surface area contributed by atoms with Crippen molar-refractivity contribution in [1.82, 2.24) is 14.7 Å². The van der Waals surface area contributed by atoms with Crippen LogP contribution in [-0.4, -0.2) is 47.8 Å². The number of carbonyl (C=O) groups is 1. The van der Waals surface area contributed by atoms with Gasteiger partial charge in [-0.3, -0.25) is 4.68 Å². The van der Waals surface area contributed by atoms with Gasteiger partial charge in [-0.2, -0.15) is 5.10 Å². The quantitative estimate of drug-likeness (QED) is 0.210. The molecule has 3 aromatic rings. The zero-order valence-corrected chi connectivity index (χ0v) is 26.7. The molecule has 0 fully saturated rings. The first-order valence-corrected chi connectivity index (χ1v) is 16.6. The molecule has 1 aliphatic heterocycles. The first kappa shape index (κ1) is 29.6. The molecule has 1 aliphatic rings. The Bertz CT molecular complexity index is 1200. The summed E-state index contributed by atoms with van der Waals surface area (Å²) in [5, 5.41) is 7.24. The maximum atomic E-state index is 12.9. The molecular weight excluding hydrogens is 570 g/mol. The summed E-state index contributed by atoms with van der Waals surface area (Å²) in [6.07, 6.45) is 2.55. The molecule has 0 unspecified atom stereocenters. The van der Waals surface area contributed by atoms with Crippen LogP contribution in [0.25, 0.3) is 0 Å². The number of aromatic nitrogens is 2. The molecule has 2 aromatic carbocycles. The number of carbonyl (C=O) groups excluding carboxylic acids is 1. The van der Waals surface area contributed by atoms with E-state index in [2.05, 4.69) is 107 Å². The third-order valence-electron chi connectivity index (χ3n) is 7.23. The van der Waals surface area contributed by atoms with E-state index in [0.717, 1.165) is 29.6 Å². The van der Waals surface area contributed by atoms with Crippen LogP contribution in [0.15, 0.2) is 71.3 Å². The molecule has 0 bridgehead atoms. The molecule has 0 radical (unpaired) electrons. The number of ether oxygens (including phenoxy) is 1. The number of hydrogen-bond acceptors (Lipinski definition) is 4. The Balaban J connectivity index is 1.46. The van der Waals surface area contributed by atoms with E-state index in [1.807, 2.05) is 26.8 Å². The highest BCUT2D eigenvalue weighted by Crippen LogP contribution is 2.37. The molecule has 1 amide bonds. The second kappa shape index (κ2) is 12.0. The fraction of sp³-hybridized carbons (Fsp3) is 0.484. The summed E-state index contributed by atoms with van der Waals surface area (Å²) >= 11 is 3.52. The van der Waals surface area contributed by atoms with Crippen LogP contribution in [0, 0.1) is 0 Å². The van der Waals surface area contributed by atoms with E-state index in [1.54, 1.807) is 4.90 Å². The van der Waals surface area contributed by atoms with Crippen LogP contribution in [0.1, 0.15) is 72.5 Å². The number of benzene rings is 2. The average Bonchev–Trinajstić information content (AvgIpc) is 3.25. The molecule has 8 heteroatoms. The maximum Gasteiger partial charge on any atom is 0.410 e. The van der Waals surface area contributed by atoms with Gasteiger partial charge in [0.25, 0.3) is 8.32 Å². The minimum absolute atomic E-state index is 0.0385. The Morgan fingerprint density at radius 1 is 0.974 bits per heavy atom. The second-order valence-corrected chi connectivity index (χ2v) is 17.5. The second-order valence-electron chi connectivity index (χ2n) is 12.4. The van der Waals surface area contributed by atoms with Crippen LogP contribution in [0.2, 0.25) is 5.04 Å². The standard InChI is InChI=1S/C31H42BrN3O3Si/c1-30(2,3)38-29(36)34-22-24(35-25(23-34)21-28(32)33-35)15-13-14-20-37-39(31(4,5)6,26-16-9-7-10-17-26)27-18-11-8-12-19-27/h7-12,16-19,21,24H,13-15,20,22-23H2,1-6H3/t24-/m0/s1. The third kappa shape index (κ3) is 6.84. The number of halogens is 1. The number of hydrogen-bond donors (Lipinski definition) is 0. The monoisotopic (exact) mass is 611 g/mol. The zero-order chi connectivity index (χ0) is 28.3. The van der Waals surface area contributed by atoms with E-state index in [0.29, 0.717) is 19.7 Å². The van der Waals surface area contributed by atoms with E-state index in [-0.39, 0.29) is 17.2 Å². The number of amides is 1. The summed E-state index contributed by atoms with van der Waals surface area (Å²) in [7, 11) is -2.54. The van der Waals surface area contributed by atoms with Gasteiger partial charge in [-0.15, -0.1) is 0 Å². The summed E-state index contributed by atoms with van der Waals surface area (Å²) in [5.41, 5.74) is 0.496. The van der Waals surface area contributed by atoms with Crippen molar-refractivity contribution in [2.75, 3.05) is 13.2 Å². The summed E-state index contributed by atoms with van der Waals surface area (Å²) in [5.74, 6) is 0. The summed E-state index contributed by atoms with van der Waals surface area (Å²) in [6, 6.07) is 23.6. The molecule has 1 aromatic heterocycles. The number of rotatable bonds is 8. The van der Waals surface area contributed by atoms with Crippen LogP contribution < -0.4 is 10.4 Å². The molecule has 39 heavy (non-hydrogen) atoms. The number of fused-ring (bicyclic) bond motifs is 1. The molecule has 0 N–H and O–H groups in total. The lowest BCUT2D eigenvalue weighted by molar-refractivity contribution is 0.0153. The lowest BCUT2D eigenvalue weighted by Crippen LogP contribution is -2.66. The molecule has 1 atom stereocenters. The van der Waals surface area contributed by atoms with Gasteiger partial charge < -0.3 is 14.1 Å². The minimum atomic E-state index is -2.54. The molecule has 0 spiro atoms. The predicted octanol–water partition coefficient (Wildman–Crippen LogP) is 6.68. The van der Waals surface area contributed by atoms with Crippen LogP contribution in [-0.2, 0) is 15.7 Å². The first-order chi connectivity index (χ1) is 18.4. The SMILES string of the molecule is CC(C)(C)OC(=O)N1Cc2cc(Br)nn2[C@@H](CCCCO[Si](c2ccccc2)(c2ccccc2)C(C)(C)C)C1. The minimum Gasteiger partial charge on any atom is -0.444 e. The Morgan fingerprint density at radius 3 is 2.10 bits per heavy atom. The van der Waals surface area contributed by atoms with Crippen molar-refractivity contribution in [2.45, 2.75) is 84.0 Å². The highest BCUT2D eigenvalue weighted by molar-refractivity contribution is 9.10. The van der Waals surface area contributed by atoms with Gasteiger partial charge in [0.2, 0.25) is 0 Å². The zero-order valence-electron chi connectivity index (χ0n) is 24.1. The smallest absolute Gasteiger partial charge is 0.410 e.